The highest BCUT2D eigenvalue weighted by molar-refractivity contribution is 6.33. The topological polar surface area (TPSA) is 109 Å². The molecule has 2 aliphatic heterocycles. The number of pyridine rings is 1. The maximum absolute atomic E-state index is 12.9. The number of aromatic nitrogens is 3. The summed E-state index contributed by atoms with van der Waals surface area (Å²) in [7, 11) is 1.52. The van der Waals surface area contributed by atoms with Crippen LogP contribution in [0.5, 0.6) is 5.88 Å². The first kappa shape index (κ1) is 22.5. The largest absolute Gasteiger partial charge is 0.481 e. The van der Waals surface area contributed by atoms with Crippen LogP contribution in [-0.4, -0.2) is 70.8 Å². The van der Waals surface area contributed by atoms with Gasteiger partial charge in [-0.3, -0.25) is 14.7 Å². The van der Waals surface area contributed by atoms with Gasteiger partial charge in [-0.15, -0.1) is 0 Å². The molecular formula is C22H28ClN5O4. The number of amides is 2. The van der Waals surface area contributed by atoms with Crippen molar-refractivity contribution in [1.82, 2.24) is 25.4 Å². The lowest BCUT2D eigenvalue weighted by atomic mass is 9.95. The third-order valence-corrected chi connectivity index (χ3v) is 6.51. The molecule has 4 rings (SSSR count). The van der Waals surface area contributed by atoms with Gasteiger partial charge in [-0.1, -0.05) is 11.6 Å². The molecule has 0 radical (unpaired) electrons. The van der Waals surface area contributed by atoms with E-state index in [1.807, 2.05) is 6.92 Å². The molecule has 2 aromatic rings. The Bertz CT molecular complexity index is 980. The second-order valence-electron chi connectivity index (χ2n) is 8.56. The lowest BCUT2D eigenvalue weighted by Gasteiger charge is -2.32. The van der Waals surface area contributed by atoms with E-state index in [1.54, 1.807) is 17.0 Å². The molecule has 2 N–H and O–H groups in total. The summed E-state index contributed by atoms with van der Waals surface area (Å²) in [5.41, 5.74) is 1.29. The summed E-state index contributed by atoms with van der Waals surface area (Å²) >= 11 is 6.23. The summed E-state index contributed by atoms with van der Waals surface area (Å²) in [6, 6.07) is 3.35. The molecule has 9 nitrogen and oxygen atoms in total. The van der Waals surface area contributed by atoms with Crippen LogP contribution in [-0.2, 0) is 9.53 Å². The first-order valence-corrected chi connectivity index (χ1v) is 11.2. The van der Waals surface area contributed by atoms with E-state index in [-0.39, 0.29) is 23.3 Å². The predicted molar refractivity (Wildman–Crippen MR) is 119 cm³/mol. The molecule has 0 spiro atoms. The quantitative estimate of drug-likeness (QED) is 0.684. The number of rotatable bonds is 6. The van der Waals surface area contributed by atoms with E-state index in [1.165, 1.54) is 13.3 Å². The molecule has 0 saturated carbocycles. The van der Waals surface area contributed by atoms with E-state index in [9.17, 15) is 9.59 Å². The Morgan fingerprint density at radius 2 is 2.16 bits per heavy atom. The molecule has 2 saturated heterocycles. The van der Waals surface area contributed by atoms with Gasteiger partial charge in [0.25, 0.3) is 5.91 Å². The van der Waals surface area contributed by atoms with Crippen LogP contribution < -0.4 is 10.1 Å². The summed E-state index contributed by atoms with van der Waals surface area (Å²) in [5.74, 6) is 0.212. The number of carbonyl (C=O) groups excluding carboxylic acids is 2. The minimum Gasteiger partial charge on any atom is -0.481 e. The number of piperidine rings is 1. The van der Waals surface area contributed by atoms with Crippen molar-refractivity contribution < 1.29 is 19.1 Å². The summed E-state index contributed by atoms with van der Waals surface area (Å²) in [5, 5.41) is 10.5. The standard InChI is InChI=1S/C22H28ClN5O4/c1-22(6-3-9-32-22)13-25-20(29)14-4-7-28(8-5-14)21(30)18-11-17(26-27-18)15-10-19(31-2)24-12-16(15)23/h10-12,14H,3-9,13H2,1-2H3,(H,25,29)(H,26,27). The molecule has 2 amide bonds. The third kappa shape index (κ3) is 4.88. The minimum atomic E-state index is -0.258. The number of nitrogens with zero attached hydrogens (tertiary/aromatic N) is 3. The Kier molecular flexibility index (Phi) is 6.66. The lowest BCUT2D eigenvalue weighted by Crippen LogP contribution is -2.46. The average Bonchev–Trinajstić information content (AvgIpc) is 3.47. The van der Waals surface area contributed by atoms with Crippen LogP contribution in [0, 0.1) is 5.92 Å². The third-order valence-electron chi connectivity index (χ3n) is 6.21. The average molecular weight is 462 g/mol. The molecule has 2 aliphatic rings. The van der Waals surface area contributed by atoms with Gasteiger partial charge in [0.2, 0.25) is 11.8 Å². The van der Waals surface area contributed by atoms with Gasteiger partial charge >= 0.3 is 0 Å². The number of ether oxygens (including phenoxy) is 2. The lowest BCUT2D eigenvalue weighted by molar-refractivity contribution is -0.127. The fraction of sp³-hybridized carbons (Fsp3) is 0.545. The van der Waals surface area contributed by atoms with Gasteiger partial charge in [0.15, 0.2) is 0 Å². The van der Waals surface area contributed by atoms with E-state index in [4.69, 9.17) is 21.1 Å². The molecule has 0 aliphatic carbocycles. The van der Waals surface area contributed by atoms with E-state index in [0.717, 1.165) is 19.4 Å². The molecule has 4 heterocycles. The van der Waals surface area contributed by atoms with Gasteiger partial charge in [0.05, 0.1) is 29.6 Å². The monoisotopic (exact) mass is 461 g/mol. The minimum absolute atomic E-state index is 0.0407. The number of methoxy groups -OCH3 is 1. The van der Waals surface area contributed by atoms with Gasteiger partial charge < -0.3 is 19.7 Å². The molecule has 0 aromatic carbocycles. The zero-order chi connectivity index (χ0) is 22.7. The zero-order valence-corrected chi connectivity index (χ0v) is 19.1. The Balaban J connectivity index is 1.32. The molecule has 10 heteroatoms. The molecule has 172 valence electrons. The number of halogens is 1. The second-order valence-corrected chi connectivity index (χ2v) is 8.97. The van der Waals surface area contributed by atoms with Crippen LogP contribution >= 0.6 is 11.6 Å². The fourth-order valence-electron chi connectivity index (χ4n) is 4.21. The van der Waals surface area contributed by atoms with Crippen LogP contribution in [0.15, 0.2) is 18.3 Å². The van der Waals surface area contributed by atoms with E-state index < -0.39 is 0 Å². The SMILES string of the molecule is COc1cc(-c2cc(C(=O)N3CCC(C(=O)NCC4(C)CCCO4)CC3)[nH]n2)c(Cl)cn1. The predicted octanol–water partition coefficient (Wildman–Crippen LogP) is 2.67. The van der Waals surface area contributed by atoms with Crippen molar-refractivity contribution in [2.75, 3.05) is 33.4 Å². The van der Waals surface area contributed by atoms with Gasteiger partial charge in [0, 0.05) is 43.8 Å². The van der Waals surface area contributed by atoms with Crippen molar-refractivity contribution >= 4 is 23.4 Å². The van der Waals surface area contributed by atoms with Crippen molar-refractivity contribution in [3.05, 3.63) is 29.0 Å². The highest BCUT2D eigenvalue weighted by Gasteiger charge is 2.33. The molecular weight excluding hydrogens is 434 g/mol. The number of hydrogen-bond donors (Lipinski definition) is 2. The van der Waals surface area contributed by atoms with Crippen molar-refractivity contribution in [3.8, 4) is 17.1 Å². The van der Waals surface area contributed by atoms with Gasteiger partial charge in [-0.25, -0.2) is 4.98 Å². The zero-order valence-electron chi connectivity index (χ0n) is 18.3. The highest BCUT2D eigenvalue weighted by Crippen LogP contribution is 2.29. The molecule has 2 aromatic heterocycles. The van der Waals surface area contributed by atoms with Gasteiger partial charge in [0.1, 0.15) is 5.69 Å². The Hall–Kier alpha value is -2.65. The number of hydrogen-bond acceptors (Lipinski definition) is 6. The Labute approximate surface area is 191 Å². The van der Waals surface area contributed by atoms with Crippen molar-refractivity contribution in [1.29, 1.82) is 0 Å². The summed E-state index contributed by atoms with van der Waals surface area (Å²) in [6.45, 7) is 4.36. The maximum Gasteiger partial charge on any atom is 0.271 e. The number of H-pyrrole nitrogens is 1. The molecule has 2 fully saturated rings. The summed E-state index contributed by atoms with van der Waals surface area (Å²) in [4.78, 5) is 31.3. The number of likely N-dealkylation sites (tertiary alicyclic amines) is 1. The summed E-state index contributed by atoms with van der Waals surface area (Å²) < 4.78 is 10.9. The van der Waals surface area contributed by atoms with Gasteiger partial charge in [-0.2, -0.15) is 5.10 Å². The fourth-order valence-corrected chi connectivity index (χ4v) is 4.41. The van der Waals surface area contributed by atoms with Crippen molar-refractivity contribution in [3.63, 3.8) is 0 Å². The van der Waals surface area contributed by atoms with Gasteiger partial charge in [-0.05, 0) is 38.7 Å². The van der Waals surface area contributed by atoms with E-state index in [0.29, 0.717) is 60.3 Å². The normalized spacial score (nSPS) is 21.5. The first-order chi connectivity index (χ1) is 15.4. The van der Waals surface area contributed by atoms with Crippen LogP contribution in [0.4, 0.5) is 0 Å². The number of aromatic amines is 1. The second kappa shape index (κ2) is 9.46. The van der Waals surface area contributed by atoms with E-state index in [2.05, 4.69) is 20.5 Å². The van der Waals surface area contributed by atoms with Crippen LogP contribution in [0.2, 0.25) is 5.02 Å². The molecule has 0 bridgehead atoms. The maximum atomic E-state index is 12.9. The molecule has 1 unspecified atom stereocenters. The molecule has 1 atom stereocenters. The van der Waals surface area contributed by atoms with Crippen LogP contribution in [0.3, 0.4) is 0 Å². The Morgan fingerprint density at radius 1 is 1.38 bits per heavy atom. The smallest absolute Gasteiger partial charge is 0.271 e. The Morgan fingerprint density at radius 3 is 2.84 bits per heavy atom. The number of nitrogens with one attached hydrogen (secondary N) is 2. The van der Waals surface area contributed by atoms with Crippen LogP contribution in [0.25, 0.3) is 11.3 Å². The van der Waals surface area contributed by atoms with E-state index >= 15 is 0 Å². The number of carbonyl (C=O) groups is 2. The summed E-state index contributed by atoms with van der Waals surface area (Å²) in [6.07, 6.45) is 4.74. The van der Waals surface area contributed by atoms with Crippen molar-refractivity contribution in [2.24, 2.45) is 5.92 Å². The first-order valence-electron chi connectivity index (χ1n) is 10.8. The van der Waals surface area contributed by atoms with Crippen molar-refractivity contribution in [2.45, 2.75) is 38.2 Å². The highest BCUT2D eigenvalue weighted by atomic mass is 35.5. The molecule has 32 heavy (non-hydrogen) atoms. The van der Waals surface area contributed by atoms with Crippen LogP contribution in [0.1, 0.15) is 43.1 Å².